The molecule has 2 unspecified atom stereocenters. The summed E-state index contributed by atoms with van der Waals surface area (Å²) in [4.78, 5) is 14.0. The van der Waals surface area contributed by atoms with Gasteiger partial charge in [-0.25, -0.2) is 9.97 Å². The van der Waals surface area contributed by atoms with Crippen LogP contribution in [0.1, 0.15) is 41.1 Å². The lowest BCUT2D eigenvalue weighted by Crippen LogP contribution is -2.30. The topological polar surface area (TPSA) is 60.9 Å². The van der Waals surface area contributed by atoms with Gasteiger partial charge in [0.05, 0.1) is 5.69 Å². The molecule has 0 bridgehead atoms. The second kappa shape index (κ2) is 6.34. The summed E-state index contributed by atoms with van der Waals surface area (Å²) in [6.45, 7) is 9.85. The molecule has 2 fully saturated rings. The normalized spacial score (nSPS) is 25.5. The van der Waals surface area contributed by atoms with Crippen LogP contribution in [0, 0.1) is 25.7 Å². The summed E-state index contributed by atoms with van der Waals surface area (Å²) in [6.07, 6.45) is 6.72. The zero-order chi connectivity index (χ0) is 17.7. The number of H-pyrrole nitrogens is 1. The first-order valence-corrected chi connectivity index (χ1v) is 9.99. The Bertz CT molecular complexity index is 799. The summed E-state index contributed by atoms with van der Waals surface area (Å²) in [7, 11) is 0. The maximum Gasteiger partial charge on any atom is 0.135 e. The Labute approximate surface area is 155 Å². The highest BCUT2D eigenvalue weighted by molar-refractivity contribution is 5.48. The molecule has 0 amide bonds. The maximum absolute atomic E-state index is 4.65. The Balaban J connectivity index is 1.25. The number of nitrogens with zero attached hydrogens (tertiary/aromatic N) is 5. The van der Waals surface area contributed by atoms with E-state index in [1.54, 1.807) is 6.33 Å². The Hall–Kier alpha value is -1.95. The van der Waals surface area contributed by atoms with Crippen molar-refractivity contribution < 1.29 is 0 Å². The average molecular weight is 352 g/mol. The molecule has 5 rings (SSSR count). The number of rotatable bonds is 3. The van der Waals surface area contributed by atoms with Crippen LogP contribution in [0.15, 0.2) is 6.33 Å². The molecule has 1 aliphatic carbocycles. The number of nitrogens with one attached hydrogen (secondary N) is 1. The van der Waals surface area contributed by atoms with Gasteiger partial charge in [-0.3, -0.25) is 10.00 Å². The third-order valence-electron chi connectivity index (χ3n) is 6.69. The van der Waals surface area contributed by atoms with E-state index in [0.29, 0.717) is 0 Å². The molecule has 2 saturated heterocycles. The Kier molecular flexibility index (Phi) is 3.96. The molecule has 6 nitrogen and oxygen atoms in total. The minimum atomic E-state index is 0.749. The molecule has 0 saturated carbocycles. The highest BCUT2D eigenvalue weighted by Crippen LogP contribution is 2.35. The molecule has 2 aromatic rings. The molecule has 6 heteroatoms. The van der Waals surface area contributed by atoms with Crippen molar-refractivity contribution in [3.8, 4) is 0 Å². The molecule has 2 aliphatic heterocycles. The largest absolute Gasteiger partial charge is 0.356 e. The molecule has 3 aliphatic rings. The van der Waals surface area contributed by atoms with E-state index in [-0.39, 0.29) is 0 Å². The van der Waals surface area contributed by atoms with Crippen molar-refractivity contribution in [3.05, 3.63) is 34.5 Å². The number of aromatic amines is 1. The van der Waals surface area contributed by atoms with Gasteiger partial charge in [0.15, 0.2) is 0 Å². The summed E-state index contributed by atoms with van der Waals surface area (Å²) < 4.78 is 0. The Morgan fingerprint density at radius 3 is 2.62 bits per heavy atom. The number of hydrogen-bond acceptors (Lipinski definition) is 5. The number of aryl methyl sites for hydroxylation is 2. The lowest BCUT2D eigenvalue weighted by atomic mass is 9.96. The third kappa shape index (κ3) is 2.71. The predicted octanol–water partition coefficient (Wildman–Crippen LogP) is 2.26. The van der Waals surface area contributed by atoms with E-state index < -0.39 is 0 Å². The molecular weight excluding hydrogens is 324 g/mol. The van der Waals surface area contributed by atoms with E-state index >= 15 is 0 Å². The molecular formula is C20H28N6. The van der Waals surface area contributed by atoms with Crippen LogP contribution in [0.2, 0.25) is 0 Å². The lowest BCUT2D eigenvalue weighted by molar-refractivity contribution is 0.304. The predicted molar refractivity (Wildman–Crippen MR) is 101 cm³/mol. The van der Waals surface area contributed by atoms with Gasteiger partial charge in [0.25, 0.3) is 0 Å². The Morgan fingerprint density at radius 2 is 1.81 bits per heavy atom. The first-order valence-electron chi connectivity index (χ1n) is 9.99. The van der Waals surface area contributed by atoms with Gasteiger partial charge in [-0.2, -0.15) is 5.10 Å². The standard InChI is InChI=1S/C20H28N6/c1-13-14(2)21-12-22-20(13)26-9-15-7-25(8-16(15)10-26)11-19-17-5-3-4-6-18(17)23-24-19/h12,15-16H,3-11H2,1-2H3,(H,23,24). The SMILES string of the molecule is Cc1ncnc(N2CC3CN(Cc4n[nH]c5c4CCCC5)CC3C2)c1C. The van der Waals surface area contributed by atoms with Crippen LogP contribution in [0.25, 0.3) is 0 Å². The number of hydrogen-bond donors (Lipinski definition) is 1. The zero-order valence-electron chi connectivity index (χ0n) is 15.8. The second-order valence-electron chi connectivity index (χ2n) is 8.36. The minimum absolute atomic E-state index is 0.749. The van der Waals surface area contributed by atoms with Gasteiger partial charge in [-0.1, -0.05) is 0 Å². The highest BCUT2D eigenvalue weighted by Gasteiger charge is 2.41. The fourth-order valence-electron chi connectivity index (χ4n) is 5.13. The van der Waals surface area contributed by atoms with E-state index in [0.717, 1.165) is 43.0 Å². The number of fused-ring (bicyclic) bond motifs is 2. The maximum atomic E-state index is 4.65. The van der Waals surface area contributed by atoms with Crippen LogP contribution < -0.4 is 4.90 Å². The molecule has 0 aromatic carbocycles. The van der Waals surface area contributed by atoms with Crippen molar-refractivity contribution in [2.75, 3.05) is 31.1 Å². The van der Waals surface area contributed by atoms with Gasteiger partial charge in [-0.05, 0) is 56.9 Å². The van der Waals surface area contributed by atoms with Gasteiger partial charge in [-0.15, -0.1) is 0 Å². The highest BCUT2D eigenvalue weighted by atomic mass is 15.3. The first kappa shape index (κ1) is 16.2. The second-order valence-corrected chi connectivity index (χ2v) is 8.36. The zero-order valence-corrected chi connectivity index (χ0v) is 15.8. The van der Waals surface area contributed by atoms with Crippen molar-refractivity contribution in [1.29, 1.82) is 0 Å². The van der Waals surface area contributed by atoms with Crippen LogP contribution in [0.3, 0.4) is 0 Å². The summed E-state index contributed by atoms with van der Waals surface area (Å²) >= 11 is 0. The van der Waals surface area contributed by atoms with Crippen LogP contribution >= 0.6 is 0 Å². The Morgan fingerprint density at radius 1 is 1.04 bits per heavy atom. The van der Waals surface area contributed by atoms with Crippen molar-refractivity contribution in [3.63, 3.8) is 0 Å². The van der Waals surface area contributed by atoms with E-state index in [4.69, 9.17) is 0 Å². The van der Waals surface area contributed by atoms with Crippen molar-refractivity contribution in [1.82, 2.24) is 25.1 Å². The number of anilines is 1. The van der Waals surface area contributed by atoms with E-state index in [2.05, 4.69) is 43.8 Å². The van der Waals surface area contributed by atoms with Crippen molar-refractivity contribution >= 4 is 5.82 Å². The molecule has 26 heavy (non-hydrogen) atoms. The summed E-state index contributed by atoms with van der Waals surface area (Å²) in [5, 5.41) is 7.94. The summed E-state index contributed by atoms with van der Waals surface area (Å²) in [5.41, 5.74) is 6.54. The minimum Gasteiger partial charge on any atom is -0.356 e. The van der Waals surface area contributed by atoms with Gasteiger partial charge in [0.1, 0.15) is 12.1 Å². The van der Waals surface area contributed by atoms with E-state index in [9.17, 15) is 0 Å². The molecule has 2 aromatic heterocycles. The molecule has 0 radical (unpaired) electrons. The van der Waals surface area contributed by atoms with Gasteiger partial charge < -0.3 is 4.90 Å². The van der Waals surface area contributed by atoms with Crippen LogP contribution in [0.4, 0.5) is 5.82 Å². The molecule has 4 heterocycles. The number of likely N-dealkylation sites (tertiary alicyclic amines) is 1. The fraction of sp³-hybridized carbons (Fsp3) is 0.650. The van der Waals surface area contributed by atoms with Gasteiger partial charge in [0.2, 0.25) is 0 Å². The van der Waals surface area contributed by atoms with Crippen molar-refractivity contribution in [2.45, 2.75) is 46.1 Å². The lowest BCUT2D eigenvalue weighted by Gasteiger charge is -2.23. The first-order chi connectivity index (χ1) is 12.7. The monoisotopic (exact) mass is 352 g/mol. The summed E-state index contributed by atoms with van der Waals surface area (Å²) in [5.74, 6) is 2.64. The molecule has 2 atom stereocenters. The van der Waals surface area contributed by atoms with Crippen LogP contribution in [-0.2, 0) is 19.4 Å². The fourth-order valence-corrected chi connectivity index (χ4v) is 5.13. The van der Waals surface area contributed by atoms with E-state index in [1.165, 1.54) is 61.3 Å². The van der Waals surface area contributed by atoms with E-state index in [1.807, 2.05) is 0 Å². The van der Waals surface area contributed by atoms with Gasteiger partial charge >= 0.3 is 0 Å². The molecule has 1 N–H and O–H groups in total. The van der Waals surface area contributed by atoms with Crippen LogP contribution in [-0.4, -0.2) is 51.2 Å². The smallest absolute Gasteiger partial charge is 0.135 e. The molecule has 138 valence electrons. The molecule has 0 spiro atoms. The van der Waals surface area contributed by atoms with Crippen molar-refractivity contribution in [2.24, 2.45) is 11.8 Å². The number of aromatic nitrogens is 4. The summed E-state index contributed by atoms with van der Waals surface area (Å²) in [6, 6.07) is 0. The third-order valence-corrected chi connectivity index (χ3v) is 6.69. The quantitative estimate of drug-likeness (QED) is 0.918. The van der Waals surface area contributed by atoms with Gasteiger partial charge in [0, 0.05) is 49.7 Å². The average Bonchev–Trinajstić information content (AvgIpc) is 3.31. The van der Waals surface area contributed by atoms with Crippen LogP contribution in [0.5, 0.6) is 0 Å².